The van der Waals surface area contributed by atoms with Crippen LogP contribution in [0.15, 0.2) is 42.5 Å². The lowest BCUT2D eigenvalue weighted by Gasteiger charge is -2.22. The molecule has 0 fully saturated rings. The Morgan fingerprint density at radius 2 is 1.97 bits per heavy atom. The zero-order chi connectivity index (χ0) is 20.8. The molecule has 0 aliphatic carbocycles. The van der Waals surface area contributed by atoms with Crippen LogP contribution in [0.25, 0.3) is 0 Å². The maximum absolute atomic E-state index is 12.8. The minimum atomic E-state index is -0.568. The molecule has 0 saturated heterocycles. The molecule has 2 aromatic carbocycles. The monoisotopic (exact) mass is 398 g/mol. The molecule has 29 heavy (non-hydrogen) atoms. The number of nitrogens with zero attached hydrogens (tertiary/aromatic N) is 1. The average molecular weight is 398 g/mol. The molecule has 2 amide bonds. The van der Waals surface area contributed by atoms with E-state index in [1.807, 2.05) is 30.3 Å². The SMILES string of the molecule is COCC(=O)Nc1ccc2c(c1)CN(CCc1ccc(OC)cc1)C(=O)[C@H](C)O2. The fourth-order valence-electron chi connectivity index (χ4n) is 3.25. The van der Waals surface area contributed by atoms with Gasteiger partial charge in [0.05, 0.1) is 7.11 Å². The van der Waals surface area contributed by atoms with E-state index in [4.69, 9.17) is 14.2 Å². The van der Waals surface area contributed by atoms with Crippen molar-refractivity contribution in [2.24, 2.45) is 0 Å². The van der Waals surface area contributed by atoms with E-state index in [0.717, 1.165) is 23.3 Å². The van der Waals surface area contributed by atoms with Crippen molar-refractivity contribution < 1.29 is 23.8 Å². The summed E-state index contributed by atoms with van der Waals surface area (Å²) >= 11 is 0. The van der Waals surface area contributed by atoms with Crippen LogP contribution < -0.4 is 14.8 Å². The summed E-state index contributed by atoms with van der Waals surface area (Å²) in [5, 5.41) is 2.78. The molecule has 1 aliphatic heterocycles. The number of carbonyl (C=O) groups is 2. The second kappa shape index (κ2) is 9.43. The Bertz CT molecular complexity index is 866. The molecule has 1 aliphatic rings. The van der Waals surface area contributed by atoms with Gasteiger partial charge in [-0.25, -0.2) is 0 Å². The van der Waals surface area contributed by atoms with Crippen LogP contribution in [0.3, 0.4) is 0 Å². The maximum atomic E-state index is 12.8. The van der Waals surface area contributed by atoms with Crippen LogP contribution in [0.5, 0.6) is 11.5 Å². The van der Waals surface area contributed by atoms with Crippen LogP contribution in [0.2, 0.25) is 0 Å². The average Bonchev–Trinajstić information content (AvgIpc) is 2.83. The lowest BCUT2D eigenvalue weighted by molar-refractivity contribution is -0.137. The third-order valence-corrected chi connectivity index (χ3v) is 4.77. The van der Waals surface area contributed by atoms with E-state index in [-0.39, 0.29) is 18.4 Å². The Kier molecular flexibility index (Phi) is 6.72. The number of amides is 2. The van der Waals surface area contributed by atoms with Crippen molar-refractivity contribution in [2.45, 2.75) is 26.0 Å². The van der Waals surface area contributed by atoms with Crippen molar-refractivity contribution >= 4 is 17.5 Å². The number of fused-ring (bicyclic) bond motifs is 1. The van der Waals surface area contributed by atoms with Crippen LogP contribution in [0.4, 0.5) is 5.69 Å². The highest BCUT2D eigenvalue weighted by molar-refractivity contribution is 5.92. The Hall–Kier alpha value is -3.06. The Balaban J connectivity index is 1.73. The molecule has 0 spiro atoms. The summed E-state index contributed by atoms with van der Waals surface area (Å²) < 4.78 is 15.9. The molecule has 3 rings (SSSR count). The molecular weight excluding hydrogens is 372 g/mol. The fourth-order valence-corrected chi connectivity index (χ4v) is 3.25. The first kappa shape index (κ1) is 20.7. The van der Waals surface area contributed by atoms with Crippen molar-refractivity contribution in [3.8, 4) is 11.5 Å². The molecule has 2 aromatic rings. The number of methoxy groups -OCH3 is 2. The maximum Gasteiger partial charge on any atom is 0.263 e. The van der Waals surface area contributed by atoms with Gasteiger partial charge in [-0.05, 0) is 49.2 Å². The number of benzene rings is 2. The molecule has 0 radical (unpaired) electrons. The number of rotatable bonds is 7. The zero-order valence-electron chi connectivity index (χ0n) is 16.9. The van der Waals surface area contributed by atoms with Gasteiger partial charge in [-0.3, -0.25) is 9.59 Å². The summed E-state index contributed by atoms with van der Waals surface area (Å²) in [6.07, 6.45) is 0.156. The molecule has 1 N–H and O–H groups in total. The van der Waals surface area contributed by atoms with E-state index in [1.54, 1.807) is 31.1 Å². The van der Waals surface area contributed by atoms with Crippen LogP contribution in [-0.4, -0.2) is 50.2 Å². The van der Waals surface area contributed by atoms with Crippen molar-refractivity contribution in [1.29, 1.82) is 0 Å². The lowest BCUT2D eigenvalue weighted by Crippen LogP contribution is -2.39. The van der Waals surface area contributed by atoms with E-state index in [0.29, 0.717) is 24.5 Å². The second-order valence-electron chi connectivity index (χ2n) is 6.92. The van der Waals surface area contributed by atoms with E-state index < -0.39 is 6.10 Å². The summed E-state index contributed by atoms with van der Waals surface area (Å²) in [6.45, 7) is 2.73. The molecular formula is C22H26N2O5. The fraction of sp³-hybridized carbons (Fsp3) is 0.364. The number of carbonyl (C=O) groups excluding carboxylic acids is 2. The molecule has 0 aromatic heterocycles. The molecule has 154 valence electrons. The van der Waals surface area contributed by atoms with Crippen LogP contribution >= 0.6 is 0 Å². The van der Waals surface area contributed by atoms with Crippen molar-refractivity contribution in [1.82, 2.24) is 4.90 Å². The third kappa shape index (κ3) is 5.26. The first-order chi connectivity index (χ1) is 14.0. The van der Waals surface area contributed by atoms with Gasteiger partial charge in [-0.1, -0.05) is 12.1 Å². The topological polar surface area (TPSA) is 77.1 Å². The number of hydrogen-bond acceptors (Lipinski definition) is 5. The van der Waals surface area contributed by atoms with Gasteiger partial charge in [-0.2, -0.15) is 0 Å². The largest absolute Gasteiger partial charge is 0.497 e. The first-order valence-corrected chi connectivity index (χ1v) is 9.50. The van der Waals surface area contributed by atoms with Gasteiger partial charge < -0.3 is 24.4 Å². The van der Waals surface area contributed by atoms with E-state index in [1.165, 1.54) is 7.11 Å². The van der Waals surface area contributed by atoms with Crippen molar-refractivity contribution in [3.63, 3.8) is 0 Å². The standard InChI is InChI=1S/C22H26N2O5/c1-15-22(26)24(11-10-16-4-7-19(28-3)8-5-16)13-17-12-18(6-9-20(17)29-15)23-21(25)14-27-2/h4-9,12,15H,10-11,13-14H2,1-3H3,(H,23,25)/t15-/m0/s1. The number of hydrogen-bond donors (Lipinski definition) is 1. The van der Waals surface area contributed by atoms with Gasteiger partial charge >= 0.3 is 0 Å². The van der Waals surface area contributed by atoms with E-state index in [9.17, 15) is 9.59 Å². The molecule has 0 unspecified atom stereocenters. The summed E-state index contributed by atoms with van der Waals surface area (Å²) in [5.41, 5.74) is 2.62. The highest BCUT2D eigenvalue weighted by atomic mass is 16.5. The van der Waals surface area contributed by atoms with Crippen LogP contribution in [0.1, 0.15) is 18.1 Å². The molecule has 1 atom stereocenters. The molecule has 7 heteroatoms. The van der Waals surface area contributed by atoms with E-state index in [2.05, 4.69) is 5.32 Å². The summed E-state index contributed by atoms with van der Waals surface area (Å²) in [5.74, 6) is 1.17. The van der Waals surface area contributed by atoms with Crippen LogP contribution in [0, 0.1) is 0 Å². The van der Waals surface area contributed by atoms with Crippen molar-refractivity contribution in [2.75, 3.05) is 32.7 Å². The smallest absolute Gasteiger partial charge is 0.263 e. The predicted molar refractivity (Wildman–Crippen MR) is 109 cm³/mol. The van der Waals surface area contributed by atoms with Gasteiger partial charge in [0, 0.05) is 31.5 Å². The molecule has 0 bridgehead atoms. The Labute approximate surface area is 170 Å². The van der Waals surface area contributed by atoms with E-state index >= 15 is 0 Å². The Morgan fingerprint density at radius 3 is 2.66 bits per heavy atom. The Morgan fingerprint density at radius 1 is 1.21 bits per heavy atom. The zero-order valence-corrected chi connectivity index (χ0v) is 16.9. The lowest BCUT2D eigenvalue weighted by atomic mass is 10.1. The van der Waals surface area contributed by atoms with Crippen molar-refractivity contribution in [3.05, 3.63) is 53.6 Å². The normalized spacial score (nSPS) is 15.9. The van der Waals surface area contributed by atoms with Gasteiger partial charge in [0.15, 0.2) is 6.10 Å². The third-order valence-electron chi connectivity index (χ3n) is 4.77. The summed E-state index contributed by atoms with van der Waals surface area (Å²) in [6, 6.07) is 13.2. The molecule has 7 nitrogen and oxygen atoms in total. The summed E-state index contributed by atoms with van der Waals surface area (Å²) in [7, 11) is 3.10. The van der Waals surface area contributed by atoms with Gasteiger partial charge in [0.1, 0.15) is 18.1 Å². The molecule has 0 saturated carbocycles. The number of nitrogens with one attached hydrogen (secondary N) is 1. The highest BCUT2D eigenvalue weighted by Crippen LogP contribution is 2.29. The number of anilines is 1. The molecule has 1 heterocycles. The van der Waals surface area contributed by atoms with Gasteiger partial charge in [0.25, 0.3) is 5.91 Å². The van der Waals surface area contributed by atoms with Gasteiger partial charge in [0.2, 0.25) is 5.91 Å². The first-order valence-electron chi connectivity index (χ1n) is 9.50. The minimum Gasteiger partial charge on any atom is -0.497 e. The minimum absolute atomic E-state index is 0.0168. The summed E-state index contributed by atoms with van der Waals surface area (Å²) in [4.78, 5) is 26.4. The number of ether oxygens (including phenoxy) is 3. The predicted octanol–water partition coefficient (Wildman–Crippen LogP) is 2.63. The quantitative estimate of drug-likeness (QED) is 0.776. The second-order valence-corrected chi connectivity index (χ2v) is 6.92. The van der Waals surface area contributed by atoms with Gasteiger partial charge in [-0.15, -0.1) is 0 Å². The highest BCUT2D eigenvalue weighted by Gasteiger charge is 2.27. The van der Waals surface area contributed by atoms with Crippen LogP contribution in [-0.2, 0) is 27.3 Å².